The molecule has 0 radical (unpaired) electrons. The summed E-state index contributed by atoms with van der Waals surface area (Å²) in [5.41, 5.74) is 2.28. The second kappa shape index (κ2) is 19.8. The maximum atomic E-state index is 14.1. The quantitative estimate of drug-likeness (QED) is 0.150. The molecule has 268 valence electrons. The number of carbonyl (C=O) groups excluding carboxylic acids is 3. The summed E-state index contributed by atoms with van der Waals surface area (Å²) >= 11 is 0. The third-order valence-corrected chi connectivity index (χ3v) is 10.6. The molecule has 2 aromatic rings. The van der Waals surface area contributed by atoms with Gasteiger partial charge in [-0.1, -0.05) is 57.9 Å². The van der Waals surface area contributed by atoms with E-state index < -0.39 is 68.5 Å². The molecule has 4 atom stereocenters. The van der Waals surface area contributed by atoms with Crippen molar-refractivity contribution in [3.8, 4) is 0 Å². The van der Waals surface area contributed by atoms with Crippen LogP contribution in [-0.4, -0.2) is 73.0 Å². The first kappa shape index (κ1) is 41.0. The van der Waals surface area contributed by atoms with Crippen LogP contribution in [0.25, 0.3) is 0 Å². The van der Waals surface area contributed by atoms with Gasteiger partial charge in [-0.3, -0.25) is 14.4 Å². The molecule has 1 heterocycles. The molecule has 2 aromatic carbocycles. The number of aryl methyl sites for hydroxylation is 1. The molecule has 0 spiro atoms. The number of aliphatic hydroxyl groups excluding tert-OH is 1. The highest BCUT2D eigenvalue weighted by molar-refractivity contribution is 7.92. The first-order valence-electron chi connectivity index (χ1n) is 16.4. The molecule has 1 fully saturated rings. The van der Waals surface area contributed by atoms with Crippen LogP contribution in [0.2, 0.25) is 0 Å². The molecule has 0 aromatic heterocycles. The number of carbonyl (C=O) groups is 3. The molecule has 3 amide bonds. The number of halogens is 3. The van der Waals surface area contributed by atoms with Crippen molar-refractivity contribution in [1.29, 1.82) is 0 Å². The second-order valence-corrected chi connectivity index (χ2v) is 14.5. The van der Waals surface area contributed by atoms with E-state index in [-0.39, 0.29) is 49.7 Å². The van der Waals surface area contributed by atoms with Crippen LogP contribution < -0.4 is 21.3 Å². The number of amides is 3. The van der Waals surface area contributed by atoms with E-state index >= 15 is 0 Å². The van der Waals surface area contributed by atoms with Gasteiger partial charge < -0.3 is 26.4 Å². The van der Waals surface area contributed by atoms with Crippen molar-refractivity contribution in [2.45, 2.75) is 108 Å². The van der Waals surface area contributed by atoms with E-state index in [1.807, 2.05) is 45.0 Å². The molecule has 1 aliphatic heterocycles. The molecule has 1 saturated heterocycles. The van der Waals surface area contributed by atoms with Crippen LogP contribution in [0.4, 0.5) is 8.78 Å². The fourth-order valence-corrected chi connectivity index (χ4v) is 7.96. The maximum Gasteiger partial charge on any atom is 0.243 e. The van der Waals surface area contributed by atoms with Gasteiger partial charge in [0.25, 0.3) is 0 Å². The Morgan fingerprint density at radius 1 is 0.979 bits per heavy atom. The van der Waals surface area contributed by atoms with Crippen LogP contribution in [0.1, 0.15) is 76.0 Å². The van der Waals surface area contributed by atoms with Gasteiger partial charge in [-0.2, -0.15) is 0 Å². The molecular weight excluding hydrogens is 666 g/mol. The van der Waals surface area contributed by atoms with Crippen molar-refractivity contribution in [2.75, 3.05) is 12.3 Å². The van der Waals surface area contributed by atoms with Crippen molar-refractivity contribution >= 4 is 40.0 Å². The Hall–Kier alpha value is -3.13. The smallest absolute Gasteiger partial charge is 0.243 e. The minimum atomic E-state index is -3.88. The number of rotatable bonds is 19. The van der Waals surface area contributed by atoms with Gasteiger partial charge in [-0.25, -0.2) is 17.2 Å². The lowest BCUT2D eigenvalue weighted by Crippen LogP contribution is -2.58. The number of hydrogen-bond donors (Lipinski definition) is 5. The number of benzene rings is 2. The summed E-state index contributed by atoms with van der Waals surface area (Å²) in [6.07, 6.45) is 1.70. The normalized spacial score (nSPS) is 16.5. The summed E-state index contributed by atoms with van der Waals surface area (Å²) < 4.78 is 55.3. The summed E-state index contributed by atoms with van der Waals surface area (Å²) in [7, 11) is -3.88. The minimum absolute atomic E-state index is 0. The summed E-state index contributed by atoms with van der Waals surface area (Å²) in [6.45, 7) is 6.15. The van der Waals surface area contributed by atoms with Crippen molar-refractivity contribution in [1.82, 2.24) is 21.3 Å². The first-order chi connectivity index (χ1) is 22.3. The SMILES string of the molecule is CCCC(CCC)S(=O)(=O)C[C@H](NC(=O)[C@@H]1CCC(=O)N1)C(=O)N[C@@H](Cc1cc(F)cc(F)c1)[C@H](O)CNCc1cccc(CC)c1.Cl. The summed E-state index contributed by atoms with van der Waals surface area (Å²) in [5.74, 6) is -4.27. The Labute approximate surface area is 288 Å². The van der Waals surface area contributed by atoms with Crippen LogP contribution in [0.3, 0.4) is 0 Å². The third-order valence-electron chi connectivity index (χ3n) is 8.33. The average molecular weight is 715 g/mol. The van der Waals surface area contributed by atoms with Crippen LogP contribution in [0.15, 0.2) is 42.5 Å². The van der Waals surface area contributed by atoms with Crippen LogP contribution in [-0.2, 0) is 43.6 Å². The topological polar surface area (TPSA) is 154 Å². The summed E-state index contributed by atoms with van der Waals surface area (Å²) in [6, 6.07) is 7.19. The molecule has 3 rings (SSSR count). The fourth-order valence-electron chi connectivity index (χ4n) is 5.80. The van der Waals surface area contributed by atoms with E-state index in [1.54, 1.807) is 0 Å². The minimum Gasteiger partial charge on any atom is -0.390 e. The van der Waals surface area contributed by atoms with Crippen molar-refractivity contribution in [3.63, 3.8) is 0 Å². The molecule has 0 saturated carbocycles. The highest BCUT2D eigenvalue weighted by atomic mass is 35.5. The molecule has 48 heavy (non-hydrogen) atoms. The monoisotopic (exact) mass is 714 g/mol. The van der Waals surface area contributed by atoms with Crippen LogP contribution in [0, 0.1) is 11.6 Å². The van der Waals surface area contributed by atoms with E-state index in [9.17, 15) is 36.7 Å². The molecule has 0 unspecified atom stereocenters. The first-order valence-corrected chi connectivity index (χ1v) is 18.1. The number of sulfone groups is 1. The van der Waals surface area contributed by atoms with Gasteiger partial charge in [0.1, 0.15) is 23.7 Å². The predicted octanol–water partition coefficient (Wildman–Crippen LogP) is 3.27. The number of aliphatic hydroxyl groups is 1. The Bertz CT molecular complexity index is 1460. The van der Waals surface area contributed by atoms with Gasteiger partial charge in [0.15, 0.2) is 9.84 Å². The molecule has 5 N–H and O–H groups in total. The summed E-state index contributed by atoms with van der Waals surface area (Å²) in [4.78, 5) is 38.6. The van der Waals surface area contributed by atoms with Gasteiger partial charge in [0, 0.05) is 25.6 Å². The van der Waals surface area contributed by atoms with E-state index in [2.05, 4.69) is 21.3 Å². The number of nitrogens with one attached hydrogen (secondary N) is 4. The Kier molecular flexibility index (Phi) is 16.9. The summed E-state index contributed by atoms with van der Waals surface area (Å²) in [5, 5.41) is 21.4. The lowest BCUT2D eigenvalue weighted by atomic mass is 10.00. The molecule has 10 nitrogen and oxygen atoms in total. The average Bonchev–Trinajstić information content (AvgIpc) is 3.46. The van der Waals surface area contributed by atoms with E-state index in [4.69, 9.17) is 0 Å². The van der Waals surface area contributed by atoms with Gasteiger partial charge >= 0.3 is 0 Å². The van der Waals surface area contributed by atoms with E-state index in [1.165, 1.54) is 0 Å². The van der Waals surface area contributed by atoms with Gasteiger partial charge in [-0.05, 0) is 60.9 Å². The van der Waals surface area contributed by atoms with E-state index in [0.29, 0.717) is 38.3 Å². The standard InChI is InChI=1S/C34H48F2N4O6S.ClH/c1-4-8-27(9-5-2)47(45,46)21-30(40-33(43)28-12-13-32(42)38-28)34(44)39-29(17-24-15-25(35)18-26(36)16-24)31(41)20-37-19-23-11-7-10-22(6-3)14-23;/h7,10-11,14-16,18,27-31,37,41H,4-6,8-9,12-13,17,19-21H2,1-3H3,(H,38,42)(H,39,44)(H,40,43);1H/t28-,29-,30-,31+;/m0./s1. The van der Waals surface area contributed by atoms with Crippen LogP contribution >= 0.6 is 12.4 Å². The van der Waals surface area contributed by atoms with E-state index in [0.717, 1.165) is 29.7 Å². The zero-order chi connectivity index (χ0) is 34.6. The molecule has 0 aliphatic carbocycles. The lowest BCUT2D eigenvalue weighted by Gasteiger charge is -2.28. The molecule has 0 bridgehead atoms. The highest BCUT2D eigenvalue weighted by Crippen LogP contribution is 2.18. The highest BCUT2D eigenvalue weighted by Gasteiger charge is 2.36. The van der Waals surface area contributed by atoms with Crippen molar-refractivity contribution in [3.05, 3.63) is 70.8 Å². The third kappa shape index (κ3) is 12.7. The van der Waals surface area contributed by atoms with Crippen LogP contribution in [0.5, 0.6) is 0 Å². The Morgan fingerprint density at radius 2 is 1.62 bits per heavy atom. The Morgan fingerprint density at radius 3 is 2.21 bits per heavy atom. The predicted molar refractivity (Wildman–Crippen MR) is 183 cm³/mol. The Balaban J connectivity index is 0.00000800. The van der Waals surface area contributed by atoms with Gasteiger partial charge in [0.05, 0.1) is 23.1 Å². The lowest BCUT2D eigenvalue weighted by molar-refractivity contribution is -0.130. The van der Waals surface area contributed by atoms with Crippen molar-refractivity contribution in [2.24, 2.45) is 0 Å². The largest absolute Gasteiger partial charge is 0.390 e. The zero-order valence-corrected chi connectivity index (χ0v) is 29.4. The number of hydrogen-bond acceptors (Lipinski definition) is 7. The second-order valence-electron chi connectivity index (χ2n) is 12.2. The van der Waals surface area contributed by atoms with Gasteiger partial charge in [0.2, 0.25) is 17.7 Å². The molecule has 1 aliphatic rings. The van der Waals surface area contributed by atoms with Crippen molar-refractivity contribution < 1.29 is 36.7 Å². The molecule has 14 heteroatoms. The molecular formula is C34H49ClF2N4O6S. The maximum absolute atomic E-state index is 14.1. The zero-order valence-electron chi connectivity index (χ0n) is 27.8. The van der Waals surface area contributed by atoms with Gasteiger partial charge in [-0.15, -0.1) is 12.4 Å². The fraction of sp³-hybridized carbons (Fsp3) is 0.559.